The Morgan fingerprint density at radius 1 is 1.25 bits per heavy atom. The van der Waals surface area contributed by atoms with Gasteiger partial charge in [-0.05, 0) is 51.4 Å². The fraction of sp³-hybridized carbons (Fsp3) is 0.600. The number of fused-ring (bicyclic) bond motifs is 1. The number of carbonyl (C=O) groups is 1. The van der Waals surface area contributed by atoms with Crippen molar-refractivity contribution >= 4 is 37.3 Å². The number of rotatable bonds is 5. The minimum atomic E-state index is -2.98. The Bertz CT molecular complexity index is 916. The number of nitrogens with zero attached hydrogens (tertiary/aromatic N) is 3. The van der Waals surface area contributed by atoms with Gasteiger partial charge in [0.15, 0.2) is 9.84 Å². The van der Waals surface area contributed by atoms with Crippen LogP contribution in [0.3, 0.4) is 0 Å². The Hall–Kier alpha value is -1.51. The van der Waals surface area contributed by atoms with Gasteiger partial charge in [-0.2, -0.15) is 0 Å². The van der Waals surface area contributed by atoms with Crippen molar-refractivity contribution in [2.24, 2.45) is 0 Å². The van der Waals surface area contributed by atoms with Crippen molar-refractivity contribution in [1.29, 1.82) is 0 Å². The monoisotopic (exact) mass is 421 g/mol. The molecule has 2 aliphatic rings. The molecular weight excluding hydrogens is 394 g/mol. The van der Waals surface area contributed by atoms with Gasteiger partial charge in [0, 0.05) is 18.5 Å². The van der Waals surface area contributed by atoms with Crippen molar-refractivity contribution in [2.45, 2.75) is 38.1 Å². The summed E-state index contributed by atoms with van der Waals surface area (Å²) in [6.07, 6.45) is 2.59. The number of thiazole rings is 1. The highest BCUT2D eigenvalue weighted by atomic mass is 32.2. The number of para-hydroxylation sites is 1. The summed E-state index contributed by atoms with van der Waals surface area (Å²) < 4.78 is 24.7. The molecule has 6 nitrogen and oxygen atoms in total. The average Bonchev–Trinajstić information content (AvgIpc) is 3.26. The predicted molar refractivity (Wildman–Crippen MR) is 112 cm³/mol. The Morgan fingerprint density at radius 3 is 2.64 bits per heavy atom. The number of benzene rings is 1. The molecule has 0 aliphatic carbocycles. The summed E-state index contributed by atoms with van der Waals surface area (Å²) in [4.78, 5) is 21.6. The molecule has 2 aromatic rings. The second kappa shape index (κ2) is 8.08. The van der Waals surface area contributed by atoms with Crippen molar-refractivity contribution in [3.63, 3.8) is 0 Å². The van der Waals surface area contributed by atoms with Crippen LogP contribution in [0.4, 0.5) is 0 Å². The van der Waals surface area contributed by atoms with Crippen molar-refractivity contribution in [1.82, 2.24) is 14.8 Å². The fourth-order valence-electron chi connectivity index (χ4n) is 4.34. The number of aromatic nitrogens is 1. The highest BCUT2D eigenvalue weighted by Gasteiger charge is 2.34. The maximum absolute atomic E-state index is 12.8. The molecule has 0 N–H and O–H groups in total. The van der Waals surface area contributed by atoms with Gasteiger partial charge in [-0.15, -0.1) is 11.3 Å². The second-order valence-electron chi connectivity index (χ2n) is 7.81. The molecule has 8 heteroatoms. The summed E-state index contributed by atoms with van der Waals surface area (Å²) in [5.41, 5.74) is 1.07. The summed E-state index contributed by atoms with van der Waals surface area (Å²) in [6, 6.07) is 8.10. The minimum Gasteiger partial charge on any atom is -0.338 e. The molecule has 28 heavy (non-hydrogen) atoms. The number of hydrogen-bond donors (Lipinski definition) is 0. The van der Waals surface area contributed by atoms with E-state index in [0.29, 0.717) is 25.4 Å². The molecule has 1 amide bonds. The van der Waals surface area contributed by atoms with Crippen LogP contribution in [-0.4, -0.2) is 72.8 Å². The Kier molecular flexibility index (Phi) is 5.71. The third-order valence-corrected chi connectivity index (χ3v) is 8.87. The highest BCUT2D eigenvalue weighted by molar-refractivity contribution is 7.91. The number of carbonyl (C=O) groups excluding carboxylic acids is 1. The zero-order valence-electron chi connectivity index (χ0n) is 16.2. The SMILES string of the molecule is CCN(C(=O)CN1CCC(c2nc3ccccc3s2)CC1)[C@H]1CCS(=O)(=O)C1. The molecule has 0 spiro atoms. The van der Waals surface area contributed by atoms with Crippen molar-refractivity contribution in [2.75, 3.05) is 37.7 Å². The summed E-state index contributed by atoms with van der Waals surface area (Å²) in [7, 11) is -2.98. The summed E-state index contributed by atoms with van der Waals surface area (Å²) in [5, 5.41) is 1.21. The molecule has 1 aromatic carbocycles. The molecule has 2 aliphatic heterocycles. The number of likely N-dealkylation sites (N-methyl/N-ethyl adjacent to an activating group) is 1. The molecule has 0 radical (unpaired) electrons. The Labute approximate surface area is 170 Å². The van der Waals surface area contributed by atoms with Crippen LogP contribution in [0.15, 0.2) is 24.3 Å². The fourth-order valence-corrected chi connectivity index (χ4v) is 7.21. The zero-order chi connectivity index (χ0) is 19.7. The molecule has 1 aromatic heterocycles. The van der Waals surface area contributed by atoms with Crippen LogP contribution in [0.25, 0.3) is 10.2 Å². The predicted octanol–water partition coefficient (Wildman–Crippen LogP) is 2.51. The minimum absolute atomic E-state index is 0.0584. The van der Waals surface area contributed by atoms with Crippen molar-refractivity contribution in [3.8, 4) is 0 Å². The van der Waals surface area contributed by atoms with Crippen LogP contribution in [0.2, 0.25) is 0 Å². The van der Waals surface area contributed by atoms with Crippen molar-refractivity contribution in [3.05, 3.63) is 29.3 Å². The molecule has 4 rings (SSSR count). The number of hydrogen-bond acceptors (Lipinski definition) is 6. The van der Waals surface area contributed by atoms with E-state index < -0.39 is 9.84 Å². The van der Waals surface area contributed by atoms with E-state index in [4.69, 9.17) is 4.98 Å². The maximum Gasteiger partial charge on any atom is 0.237 e. The lowest BCUT2D eigenvalue weighted by Crippen LogP contribution is -2.47. The summed E-state index contributed by atoms with van der Waals surface area (Å²) >= 11 is 1.78. The second-order valence-corrected chi connectivity index (χ2v) is 11.1. The first kappa shape index (κ1) is 19.8. The van der Waals surface area contributed by atoms with Gasteiger partial charge in [0.05, 0.1) is 33.3 Å². The van der Waals surface area contributed by atoms with Gasteiger partial charge in [0.1, 0.15) is 0 Å². The van der Waals surface area contributed by atoms with Crippen LogP contribution < -0.4 is 0 Å². The van der Waals surface area contributed by atoms with E-state index >= 15 is 0 Å². The molecule has 152 valence electrons. The molecule has 0 saturated carbocycles. The maximum atomic E-state index is 12.8. The van der Waals surface area contributed by atoms with Crippen LogP contribution in [0.1, 0.15) is 37.1 Å². The van der Waals surface area contributed by atoms with Gasteiger partial charge < -0.3 is 4.90 Å². The van der Waals surface area contributed by atoms with Crippen molar-refractivity contribution < 1.29 is 13.2 Å². The van der Waals surface area contributed by atoms with Gasteiger partial charge in [-0.25, -0.2) is 13.4 Å². The average molecular weight is 422 g/mol. The largest absolute Gasteiger partial charge is 0.338 e. The number of sulfone groups is 1. The van der Waals surface area contributed by atoms with E-state index in [1.165, 1.54) is 9.71 Å². The van der Waals surface area contributed by atoms with E-state index in [9.17, 15) is 13.2 Å². The summed E-state index contributed by atoms with van der Waals surface area (Å²) in [6.45, 7) is 4.65. The van der Waals surface area contributed by atoms with E-state index in [0.717, 1.165) is 31.4 Å². The van der Waals surface area contributed by atoms with Gasteiger partial charge in [-0.1, -0.05) is 12.1 Å². The van der Waals surface area contributed by atoms with Gasteiger partial charge in [0.25, 0.3) is 0 Å². The quantitative estimate of drug-likeness (QED) is 0.742. The first-order chi connectivity index (χ1) is 13.4. The first-order valence-corrected chi connectivity index (χ1v) is 12.7. The van der Waals surface area contributed by atoms with Gasteiger partial charge in [0.2, 0.25) is 5.91 Å². The lowest BCUT2D eigenvalue weighted by atomic mass is 9.97. The molecule has 2 fully saturated rings. The van der Waals surface area contributed by atoms with Crippen LogP contribution in [0, 0.1) is 0 Å². The molecule has 0 bridgehead atoms. The molecule has 2 saturated heterocycles. The smallest absolute Gasteiger partial charge is 0.237 e. The third kappa shape index (κ3) is 4.23. The van der Waals surface area contributed by atoms with Crippen LogP contribution >= 0.6 is 11.3 Å². The normalized spacial score (nSPS) is 23.2. The third-order valence-electron chi connectivity index (χ3n) is 5.92. The number of amides is 1. The van der Waals surface area contributed by atoms with Crippen LogP contribution in [0.5, 0.6) is 0 Å². The Balaban J connectivity index is 1.32. The van der Waals surface area contributed by atoms with Crippen LogP contribution in [-0.2, 0) is 14.6 Å². The lowest BCUT2D eigenvalue weighted by Gasteiger charge is -2.33. The van der Waals surface area contributed by atoms with E-state index in [2.05, 4.69) is 17.0 Å². The van der Waals surface area contributed by atoms with E-state index in [1.807, 2.05) is 19.1 Å². The zero-order valence-corrected chi connectivity index (χ0v) is 17.8. The number of piperidine rings is 1. The molecule has 0 unspecified atom stereocenters. The van der Waals surface area contributed by atoms with Gasteiger partial charge >= 0.3 is 0 Å². The standard InChI is InChI=1S/C20H27N3O3S2/c1-2-23(16-9-12-28(25,26)14-16)19(24)13-22-10-7-15(8-11-22)20-21-17-5-3-4-6-18(17)27-20/h3-6,15-16H,2,7-14H2,1H3/t16-/m0/s1. The molecular formula is C20H27N3O3S2. The van der Waals surface area contributed by atoms with E-state index in [-0.39, 0.29) is 23.5 Å². The molecule has 1 atom stereocenters. The van der Waals surface area contributed by atoms with Gasteiger partial charge in [-0.3, -0.25) is 9.69 Å². The highest BCUT2D eigenvalue weighted by Crippen LogP contribution is 2.33. The lowest BCUT2D eigenvalue weighted by molar-refractivity contribution is -0.134. The Morgan fingerprint density at radius 2 is 2.00 bits per heavy atom. The van der Waals surface area contributed by atoms with E-state index in [1.54, 1.807) is 16.2 Å². The summed E-state index contributed by atoms with van der Waals surface area (Å²) in [5.74, 6) is 0.843. The first-order valence-electron chi connectivity index (χ1n) is 10.0. The topological polar surface area (TPSA) is 70.6 Å². The number of likely N-dealkylation sites (tertiary alicyclic amines) is 1. The molecule has 3 heterocycles.